The highest BCUT2D eigenvalue weighted by molar-refractivity contribution is 9.10. The lowest BCUT2D eigenvalue weighted by atomic mass is 10.1. The molecule has 2 N–H and O–H groups in total. The van der Waals surface area contributed by atoms with Gasteiger partial charge in [0, 0.05) is 21.7 Å². The van der Waals surface area contributed by atoms with Crippen molar-refractivity contribution in [2.75, 3.05) is 0 Å². The molecule has 0 aliphatic carbocycles. The van der Waals surface area contributed by atoms with E-state index in [1.807, 2.05) is 73.7 Å². The second-order valence-electron chi connectivity index (χ2n) is 7.69. The summed E-state index contributed by atoms with van der Waals surface area (Å²) in [5.74, 6) is 0.311. The zero-order valence-corrected chi connectivity index (χ0v) is 20.1. The van der Waals surface area contributed by atoms with Gasteiger partial charge < -0.3 is 15.1 Å². The van der Waals surface area contributed by atoms with Crippen LogP contribution < -0.4 is 10.6 Å². The van der Waals surface area contributed by atoms with E-state index in [9.17, 15) is 9.59 Å². The Hall–Kier alpha value is -3.90. The molecule has 170 valence electrons. The highest BCUT2D eigenvalue weighted by Crippen LogP contribution is 2.25. The summed E-state index contributed by atoms with van der Waals surface area (Å²) in [6, 6.07) is 29.4. The van der Waals surface area contributed by atoms with Crippen LogP contribution in [0.3, 0.4) is 0 Å². The van der Waals surface area contributed by atoms with Gasteiger partial charge in [-0.05, 0) is 48.9 Å². The van der Waals surface area contributed by atoms with Crippen molar-refractivity contribution in [3.05, 3.63) is 124 Å². The van der Waals surface area contributed by atoms with Gasteiger partial charge in [-0.1, -0.05) is 76.6 Å². The Kier molecular flexibility index (Phi) is 7.40. The van der Waals surface area contributed by atoms with Crippen molar-refractivity contribution in [2.24, 2.45) is 0 Å². The Labute approximate surface area is 206 Å². The Morgan fingerprint density at radius 2 is 1.50 bits per heavy atom. The van der Waals surface area contributed by atoms with Crippen molar-refractivity contribution in [3.63, 3.8) is 0 Å². The van der Waals surface area contributed by atoms with E-state index < -0.39 is 5.91 Å². The fourth-order valence-electron chi connectivity index (χ4n) is 3.38. The third kappa shape index (κ3) is 5.91. The van der Waals surface area contributed by atoms with Crippen molar-refractivity contribution in [1.29, 1.82) is 0 Å². The fraction of sp³-hybridized carbons (Fsp3) is 0.0714. The van der Waals surface area contributed by atoms with E-state index >= 15 is 0 Å². The number of nitrogens with one attached hydrogen (secondary N) is 2. The van der Waals surface area contributed by atoms with Gasteiger partial charge in [-0.25, -0.2) is 0 Å². The van der Waals surface area contributed by atoms with Gasteiger partial charge in [0.25, 0.3) is 11.8 Å². The molecule has 1 atom stereocenters. The maximum absolute atomic E-state index is 13.2. The summed E-state index contributed by atoms with van der Waals surface area (Å²) in [5.41, 5.74) is 2.40. The van der Waals surface area contributed by atoms with Crippen LogP contribution in [0.15, 0.2) is 112 Å². The summed E-state index contributed by atoms with van der Waals surface area (Å²) >= 11 is 3.43. The van der Waals surface area contributed by atoms with E-state index in [-0.39, 0.29) is 17.6 Å². The summed E-state index contributed by atoms with van der Waals surface area (Å²) in [6.45, 7) is 1.89. The molecular formula is C28H23BrN2O3. The van der Waals surface area contributed by atoms with Gasteiger partial charge in [-0.2, -0.15) is 0 Å². The standard InChI is InChI=1S/C28H23BrN2O3/c1-19(20-8-4-2-5-9-20)30-28(33)25(31-27(32)22-10-6-3-7-11-22)18-24-16-17-26(34-24)21-12-14-23(29)15-13-21/h2-19H,1H3,(H,30,33)(H,31,32)/b25-18+/t19-/m0/s1. The Bertz CT molecular complexity index is 1300. The molecule has 0 spiro atoms. The summed E-state index contributed by atoms with van der Waals surface area (Å²) in [6.07, 6.45) is 1.54. The van der Waals surface area contributed by atoms with Crippen LogP contribution in [0.4, 0.5) is 0 Å². The first-order valence-corrected chi connectivity index (χ1v) is 11.6. The van der Waals surface area contributed by atoms with E-state index in [0.717, 1.165) is 15.6 Å². The molecule has 1 aromatic heterocycles. The number of halogens is 1. The smallest absolute Gasteiger partial charge is 0.268 e. The molecule has 4 aromatic rings. The fourth-order valence-corrected chi connectivity index (χ4v) is 3.65. The van der Waals surface area contributed by atoms with Gasteiger partial charge in [0.1, 0.15) is 17.2 Å². The predicted molar refractivity (Wildman–Crippen MR) is 137 cm³/mol. The summed E-state index contributed by atoms with van der Waals surface area (Å²) in [5, 5.41) is 5.69. The van der Waals surface area contributed by atoms with E-state index in [4.69, 9.17) is 4.42 Å². The highest BCUT2D eigenvalue weighted by Gasteiger charge is 2.18. The third-order valence-corrected chi connectivity index (χ3v) is 5.75. The molecule has 0 saturated heterocycles. The number of carbonyl (C=O) groups is 2. The SMILES string of the molecule is C[C@H](NC(=O)/C(=C\c1ccc(-c2ccc(Br)cc2)o1)NC(=O)c1ccccc1)c1ccccc1. The highest BCUT2D eigenvalue weighted by atomic mass is 79.9. The molecular weight excluding hydrogens is 492 g/mol. The molecule has 5 nitrogen and oxygen atoms in total. The topological polar surface area (TPSA) is 71.3 Å². The van der Waals surface area contributed by atoms with E-state index in [1.54, 1.807) is 30.3 Å². The van der Waals surface area contributed by atoms with Crippen LogP contribution in [0, 0.1) is 0 Å². The van der Waals surface area contributed by atoms with Gasteiger partial charge in [-0.3, -0.25) is 9.59 Å². The summed E-state index contributed by atoms with van der Waals surface area (Å²) < 4.78 is 6.91. The van der Waals surface area contributed by atoms with Crippen LogP contribution in [-0.2, 0) is 4.79 Å². The first-order chi connectivity index (χ1) is 16.5. The zero-order valence-electron chi connectivity index (χ0n) is 18.5. The number of hydrogen-bond acceptors (Lipinski definition) is 3. The minimum atomic E-state index is -0.415. The molecule has 4 rings (SSSR count). The molecule has 0 aliphatic heterocycles. The number of rotatable bonds is 7. The Morgan fingerprint density at radius 3 is 2.18 bits per heavy atom. The molecule has 0 bridgehead atoms. The second kappa shape index (κ2) is 10.8. The Morgan fingerprint density at radius 1 is 0.853 bits per heavy atom. The molecule has 1 heterocycles. The van der Waals surface area contributed by atoms with E-state index in [1.165, 1.54) is 6.08 Å². The lowest BCUT2D eigenvalue weighted by Gasteiger charge is -2.16. The first-order valence-electron chi connectivity index (χ1n) is 10.8. The van der Waals surface area contributed by atoms with Gasteiger partial charge in [0.15, 0.2) is 0 Å². The van der Waals surface area contributed by atoms with Crippen LogP contribution >= 0.6 is 15.9 Å². The minimum absolute atomic E-state index is 0.0911. The monoisotopic (exact) mass is 514 g/mol. The second-order valence-corrected chi connectivity index (χ2v) is 8.61. The largest absolute Gasteiger partial charge is 0.457 e. The van der Waals surface area contributed by atoms with Gasteiger partial charge in [-0.15, -0.1) is 0 Å². The number of hydrogen-bond donors (Lipinski definition) is 2. The summed E-state index contributed by atoms with van der Waals surface area (Å²) in [7, 11) is 0. The average molecular weight is 515 g/mol. The average Bonchev–Trinajstić information content (AvgIpc) is 3.33. The lowest BCUT2D eigenvalue weighted by molar-refractivity contribution is -0.118. The molecule has 2 amide bonds. The van der Waals surface area contributed by atoms with Crippen molar-refractivity contribution in [2.45, 2.75) is 13.0 Å². The maximum atomic E-state index is 13.2. The Balaban J connectivity index is 1.60. The third-order valence-electron chi connectivity index (χ3n) is 5.22. The predicted octanol–water partition coefficient (Wildman–Crippen LogP) is 6.36. The van der Waals surface area contributed by atoms with Crippen molar-refractivity contribution < 1.29 is 14.0 Å². The van der Waals surface area contributed by atoms with Crippen LogP contribution in [0.1, 0.15) is 34.6 Å². The van der Waals surface area contributed by atoms with Gasteiger partial charge in [0.05, 0.1) is 6.04 Å². The lowest BCUT2D eigenvalue weighted by Crippen LogP contribution is -2.36. The van der Waals surface area contributed by atoms with Gasteiger partial charge >= 0.3 is 0 Å². The number of amides is 2. The molecule has 0 radical (unpaired) electrons. The normalized spacial score (nSPS) is 12.1. The van der Waals surface area contributed by atoms with E-state index in [2.05, 4.69) is 26.6 Å². The van der Waals surface area contributed by atoms with E-state index in [0.29, 0.717) is 17.1 Å². The molecule has 0 fully saturated rings. The first kappa shape index (κ1) is 23.3. The van der Waals surface area contributed by atoms with Crippen molar-refractivity contribution >= 4 is 33.8 Å². The zero-order chi connectivity index (χ0) is 23.9. The molecule has 6 heteroatoms. The number of carbonyl (C=O) groups excluding carboxylic acids is 2. The van der Waals surface area contributed by atoms with Gasteiger partial charge in [0.2, 0.25) is 0 Å². The quantitative estimate of drug-likeness (QED) is 0.282. The molecule has 0 saturated carbocycles. The maximum Gasteiger partial charge on any atom is 0.268 e. The molecule has 0 unspecified atom stereocenters. The van der Waals surface area contributed by atoms with Crippen LogP contribution in [-0.4, -0.2) is 11.8 Å². The number of furan rings is 1. The van der Waals surface area contributed by atoms with Crippen LogP contribution in [0.5, 0.6) is 0 Å². The van der Waals surface area contributed by atoms with Crippen LogP contribution in [0.2, 0.25) is 0 Å². The van der Waals surface area contributed by atoms with Crippen LogP contribution in [0.25, 0.3) is 17.4 Å². The molecule has 0 aliphatic rings. The van der Waals surface area contributed by atoms with Crippen molar-refractivity contribution in [3.8, 4) is 11.3 Å². The van der Waals surface area contributed by atoms with Crippen molar-refractivity contribution in [1.82, 2.24) is 10.6 Å². The molecule has 34 heavy (non-hydrogen) atoms. The minimum Gasteiger partial charge on any atom is -0.457 e. The number of benzene rings is 3. The molecule has 3 aromatic carbocycles. The summed E-state index contributed by atoms with van der Waals surface area (Å²) in [4.78, 5) is 26.0.